The maximum Gasteiger partial charge on any atom is 0.416 e. The van der Waals surface area contributed by atoms with E-state index in [-0.39, 0.29) is 5.57 Å². The molecule has 3 heteroatoms. The zero-order chi connectivity index (χ0) is 8.36. The van der Waals surface area contributed by atoms with E-state index >= 15 is 0 Å². The average Bonchev–Trinajstić information content (AvgIpc) is 1.60. The van der Waals surface area contributed by atoms with Crippen LogP contribution in [-0.4, -0.2) is 6.18 Å². The Labute approximate surface area is 58.0 Å². The second kappa shape index (κ2) is 2.90. The topological polar surface area (TPSA) is 0 Å². The minimum absolute atomic E-state index is 0.238. The van der Waals surface area contributed by atoms with E-state index < -0.39 is 11.7 Å². The Kier molecular flexibility index (Phi) is 2.69. The molecule has 10 heavy (non-hydrogen) atoms. The first kappa shape index (κ1) is 9.27. The summed E-state index contributed by atoms with van der Waals surface area (Å²) in [4.78, 5) is 0. The SMILES string of the molecule is C=CC(=C(C)C)C(F)(F)F. The molecule has 0 amide bonds. The summed E-state index contributed by atoms with van der Waals surface area (Å²) in [5.41, 5.74) is -0.407. The van der Waals surface area contributed by atoms with Crippen molar-refractivity contribution in [1.82, 2.24) is 0 Å². The summed E-state index contributed by atoms with van der Waals surface area (Å²) >= 11 is 0. The predicted octanol–water partition coefficient (Wildman–Crippen LogP) is 3.07. The fourth-order valence-electron chi connectivity index (χ4n) is 0.603. The van der Waals surface area contributed by atoms with E-state index in [0.717, 1.165) is 6.08 Å². The molecule has 0 aliphatic carbocycles. The van der Waals surface area contributed by atoms with Crippen molar-refractivity contribution in [2.45, 2.75) is 20.0 Å². The zero-order valence-corrected chi connectivity index (χ0v) is 5.92. The van der Waals surface area contributed by atoms with Gasteiger partial charge in [-0.3, -0.25) is 0 Å². The molecule has 0 saturated carbocycles. The quantitative estimate of drug-likeness (QED) is 0.504. The number of halogens is 3. The van der Waals surface area contributed by atoms with E-state index in [1.165, 1.54) is 13.8 Å². The van der Waals surface area contributed by atoms with Crippen LogP contribution in [0.1, 0.15) is 13.8 Å². The van der Waals surface area contributed by atoms with Crippen LogP contribution in [0.2, 0.25) is 0 Å². The van der Waals surface area contributed by atoms with Crippen LogP contribution >= 0.6 is 0 Å². The first-order valence-electron chi connectivity index (χ1n) is 2.76. The molecule has 0 spiro atoms. The van der Waals surface area contributed by atoms with Crippen LogP contribution in [0.5, 0.6) is 0 Å². The van der Waals surface area contributed by atoms with Gasteiger partial charge in [-0.1, -0.05) is 18.2 Å². The molecule has 58 valence electrons. The second-order valence-electron chi connectivity index (χ2n) is 2.12. The molecule has 0 aromatic heterocycles. The van der Waals surface area contributed by atoms with Gasteiger partial charge in [0, 0.05) is 0 Å². The van der Waals surface area contributed by atoms with Crippen molar-refractivity contribution in [3.05, 3.63) is 23.8 Å². The molecule has 0 fully saturated rings. The Morgan fingerprint density at radius 2 is 1.70 bits per heavy atom. The van der Waals surface area contributed by atoms with Gasteiger partial charge >= 0.3 is 6.18 Å². The number of alkyl halides is 3. The van der Waals surface area contributed by atoms with Crippen LogP contribution in [0.25, 0.3) is 0 Å². The van der Waals surface area contributed by atoms with Gasteiger partial charge in [-0.15, -0.1) is 0 Å². The van der Waals surface area contributed by atoms with Gasteiger partial charge in [0.05, 0.1) is 5.57 Å². The molecule has 0 aromatic rings. The van der Waals surface area contributed by atoms with E-state index in [2.05, 4.69) is 6.58 Å². The summed E-state index contributed by atoms with van der Waals surface area (Å²) in [7, 11) is 0. The third kappa shape index (κ3) is 2.25. The molecule has 0 nitrogen and oxygen atoms in total. The normalized spacial score (nSPS) is 10.9. The molecule has 0 unspecified atom stereocenters. The summed E-state index contributed by atoms with van der Waals surface area (Å²) in [6, 6.07) is 0. The molecule has 0 heterocycles. The first-order valence-corrected chi connectivity index (χ1v) is 2.76. The highest BCUT2D eigenvalue weighted by Gasteiger charge is 2.31. The minimum atomic E-state index is -4.25. The molecule has 0 radical (unpaired) electrons. The van der Waals surface area contributed by atoms with Gasteiger partial charge < -0.3 is 0 Å². The van der Waals surface area contributed by atoms with Crippen LogP contribution in [0, 0.1) is 0 Å². The molecule has 0 aliphatic rings. The Bertz CT molecular complexity index is 158. The van der Waals surface area contributed by atoms with Crippen LogP contribution in [0.15, 0.2) is 23.8 Å². The molecule has 0 aliphatic heterocycles. The number of rotatable bonds is 1. The summed E-state index contributed by atoms with van der Waals surface area (Å²) in [6.45, 7) is 5.89. The lowest BCUT2D eigenvalue weighted by molar-refractivity contribution is -0.0889. The van der Waals surface area contributed by atoms with Gasteiger partial charge in [0.2, 0.25) is 0 Å². The molecule has 0 atom stereocenters. The summed E-state index contributed by atoms with van der Waals surface area (Å²) in [5.74, 6) is 0. The minimum Gasteiger partial charge on any atom is -0.166 e. The Hall–Kier alpha value is -0.730. The van der Waals surface area contributed by atoms with E-state index in [1.54, 1.807) is 0 Å². The van der Waals surface area contributed by atoms with Crippen molar-refractivity contribution in [3.8, 4) is 0 Å². The largest absolute Gasteiger partial charge is 0.416 e. The lowest BCUT2D eigenvalue weighted by Gasteiger charge is -2.08. The monoisotopic (exact) mass is 150 g/mol. The molecular formula is C7H9F3. The summed E-state index contributed by atoms with van der Waals surface area (Å²) < 4.78 is 35.5. The first-order chi connectivity index (χ1) is 4.39. The van der Waals surface area contributed by atoms with Crippen molar-refractivity contribution in [2.24, 2.45) is 0 Å². The standard InChI is InChI=1S/C7H9F3/c1-4-6(5(2)3)7(8,9)10/h4H,1H2,2-3H3. The Morgan fingerprint density at radius 1 is 1.30 bits per heavy atom. The molecule has 0 aromatic carbocycles. The van der Waals surface area contributed by atoms with Crippen LogP contribution in [0.4, 0.5) is 13.2 Å². The maximum absolute atomic E-state index is 11.8. The van der Waals surface area contributed by atoms with Gasteiger partial charge in [0.15, 0.2) is 0 Å². The van der Waals surface area contributed by atoms with Gasteiger partial charge in [-0.05, 0) is 13.8 Å². The Morgan fingerprint density at radius 3 is 1.70 bits per heavy atom. The third-order valence-electron chi connectivity index (χ3n) is 1.05. The molecular weight excluding hydrogens is 141 g/mol. The van der Waals surface area contributed by atoms with Crippen LogP contribution < -0.4 is 0 Å². The van der Waals surface area contributed by atoms with Crippen LogP contribution in [-0.2, 0) is 0 Å². The fraction of sp³-hybridized carbons (Fsp3) is 0.429. The lowest BCUT2D eigenvalue weighted by atomic mass is 10.1. The lowest BCUT2D eigenvalue weighted by Crippen LogP contribution is -2.10. The highest BCUT2D eigenvalue weighted by Crippen LogP contribution is 2.28. The predicted molar refractivity (Wildman–Crippen MR) is 34.6 cm³/mol. The van der Waals surface area contributed by atoms with E-state index in [4.69, 9.17) is 0 Å². The highest BCUT2D eigenvalue weighted by molar-refractivity contribution is 5.26. The third-order valence-corrected chi connectivity index (χ3v) is 1.05. The van der Waals surface area contributed by atoms with Crippen molar-refractivity contribution >= 4 is 0 Å². The number of allylic oxidation sites excluding steroid dienone is 3. The van der Waals surface area contributed by atoms with Gasteiger partial charge in [-0.2, -0.15) is 13.2 Å². The maximum atomic E-state index is 11.8. The van der Waals surface area contributed by atoms with E-state index in [9.17, 15) is 13.2 Å². The summed E-state index contributed by atoms with van der Waals surface area (Å²) in [5, 5.41) is 0. The van der Waals surface area contributed by atoms with E-state index in [0.29, 0.717) is 0 Å². The van der Waals surface area contributed by atoms with Crippen molar-refractivity contribution < 1.29 is 13.2 Å². The fourth-order valence-corrected chi connectivity index (χ4v) is 0.603. The van der Waals surface area contributed by atoms with Crippen molar-refractivity contribution in [1.29, 1.82) is 0 Å². The smallest absolute Gasteiger partial charge is 0.166 e. The Balaban J connectivity index is 4.71. The molecule has 0 saturated heterocycles. The second-order valence-corrected chi connectivity index (χ2v) is 2.12. The number of hydrogen-bond acceptors (Lipinski definition) is 0. The van der Waals surface area contributed by atoms with Gasteiger partial charge in [0.25, 0.3) is 0 Å². The zero-order valence-electron chi connectivity index (χ0n) is 5.92. The molecule has 0 bridgehead atoms. The van der Waals surface area contributed by atoms with Gasteiger partial charge in [-0.25, -0.2) is 0 Å². The van der Waals surface area contributed by atoms with Crippen LogP contribution in [0.3, 0.4) is 0 Å². The van der Waals surface area contributed by atoms with Crippen molar-refractivity contribution in [3.63, 3.8) is 0 Å². The number of hydrogen-bond donors (Lipinski definition) is 0. The molecule has 0 N–H and O–H groups in total. The van der Waals surface area contributed by atoms with Gasteiger partial charge in [0.1, 0.15) is 0 Å². The summed E-state index contributed by atoms with van der Waals surface area (Å²) in [6.07, 6.45) is -3.42. The van der Waals surface area contributed by atoms with Crippen molar-refractivity contribution in [2.75, 3.05) is 0 Å². The van der Waals surface area contributed by atoms with E-state index in [1.807, 2.05) is 0 Å². The average molecular weight is 150 g/mol. The molecule has 0 rings (SSSR count). The highest BCUT2D eigenvalue weighted by atomic mass is 19.4.